The zero-order valence-corrected chi connectivity index (χ0v) is 11.2. The molecule has 0 aromatic rings. The summed E-state index contributed by atoms with van der Waals surface area (Å²) in [4.78, 5) is 24.8. The predicted molar refractivity (Wildman–Crippen MR) is 49.2 cm³/mol. The molecule has 0 amide bonds. The van der Waals surface area contributed by atoms with E-state index in [9.17, 15) is 0 Å². The fraction of sp³-hybridized carbons (Fsp3) is 0. The summed E-state index contributed by atoms with van der Waals surface area (Å²) >= 11 is 0. The summed E-state index contributed by atoms with van der Waals surface area (Å²) in [7, 11) is 0. The van der Waals surface area contributed by atoms with Gasteiger partial charge in [0.25, 0.3) is 0 Å². The van der Waals surface area contributed by atoms with E-state index in [0.29, 0.717) is 0 Å². The van der Waals surface area contributed by atoms with Gasteiger partial charge in [-0.3, -0.25) is 0 Å². The van der Waals surface area contributed by atoms with Crippen LogP contribution in [0.15, 0.2) is 0 Å². The molecule has 1 radical (unpaired) electrons. The number of hydrogen-bond donors (Lipinski definition) is 0. The van der Waals surface area contributed by atoms with Crippen LogP contribution >= 0.6 is 0 Å². The van der Waals surface area contributed by atoms with E-state index in [4.69, 9.17) is 46.0 Å². The monoisotopic (exact) mass is 418 g/mol. The molecule has 0 spiro atoms. The standard InChI is InChI=1S/3NO3.Nd.5H2O/c3*2-1(3)4;;;;;;/h;;;;5*1H2/q3*-1;+3;;;;;. The van der Waals surface area contributed by atoms with Crippen LogP contribution in [0.25, 0.3) is 0 Å². The maximum Gasteiger partial charge on any atom is 3.00 e. The molecule has 0 aromatic heterocycles. The van der Waals surface area contributed by atoms with Crippen molar-refractivity contribution < 1.29 is 83.5 Å². The van der Waals surface area contributed by atoms with Crippen LogP contribution in [0.4, 0.5) is 0 Å². The molecule has 18 heteroatoms. The van der Waals surface area contributed by atoms with Gasteiger partial charge in [-0.2, -0.15) is 0 Å². The number of nitrogens with zero attached hydrogens (tertiary/aromatic N) is 3. The van der Waals surface area contributed by atoms with Crippen LogP contribution in [0.2, 0.25) is 0 Å². The van der Waals surface area contributed by atoms with Crippen LogP contribution in [-0.4, -0.2) is 42.6 Å². The summed E-state index contributed by atoms with van der Waals surface area (Å²) in [6, 6.07) is 0. The second-order valence-electron chi connectivity index (χ2n) is 0.671. The predicted octanol–water partition coefficient (Wildman–Crippen LogP) is -4.84. The van der Waals surface area contributed by atoms with Crippen LogP contribution in [-0.2, 0) is 0 Å². The molecule has 0 aliphatic rings. The second-order valence-corrected chi connectivity index (χ2v) is 0.671. The van der Waals surface area contributed by atoms with Crippen molar-refractivity contribution in [1.82, 2.24) is 0 Å². The minimum atomic E-state index is -1.75. The van der Waals surface area contributed by atoms with Gasteiger partial charge in [-0.1, -0.05) is 0 Å². The van der Waals surface area contributed by atoms with Crippen molar-refractivity contribution in [3.63, 3.8) is 0 Å². The molecule has 0 aliphatic carbocycles. The van der Waals surface area contributed by atoms with Crippen molar-refractivity contribution in [2.24, 2.45) is 0 Å². The van der Waals surface area contributed by atoms with E-state index in [2.05, 4.69) is 0 Å². The Morgan fingerprint density at radius 1 is 0.444 bits per heavy atom. The third-order valence-electron chi connectivity index (χ3n) is 0. The Labute approximate surface area is 129 Å². The van der Waals surface area contributed by atoms with Gasteiger partial charge in [-0.05, 0) is 0 Å². The van der Waals surface area contributed by atoms with Crippen LogP contribution in [0.3, 0.4) is 0 Å². The average Bonchev–Trinajstić information content (AvgIpc) is 1.54. The van der Waals surface area contributed by atoms with Crippen LogP contribution < -0.4 is 0 Å². The van der Waals surface area contributed by atoms with Crippen molar-refractivity contribution >= 4 is 0 Å². The first kappa shape index (κ1) is 69.2. The van der Waals surface area contributed by atoms with Crippen LogP contribution in [0.5, 0.6) is 0 Å². The van der Waals surface area contributed by atoms with Gasteiger partial charge >= 0.3 is 40.8 Å². The third-order valence-corrected chi connectivity index (χ3v) is 0. The normalized spacial score (nSPS) is 4.00. The van der Waals surface area contributed by atoms with E-state index in [0.717, 1.165) is 0 Å². The first-order valence-corrected chi connectivity index (χ1v) is 1.64. The molecule has 0 fully saturated rings. The van der Waals surface area contributed by atoms with E-state index in [1.807, 2.05) is 0 Å². The summed E-state index contributed by atoms with van der Waals surface area (Å²) in [5.41, 5.74) is 0. The second kappa shape index (κ2) is 57.0. The number of hydrogen-bond acceptors (Lipinski definition) is 9. The first-order chi connectivity index (χ1) is 5.20. The molecule has 113 valence electrons. The van der Waals surface area contributed by atoms with Crippen molar-refractivity contribution in [2.45, 2.75) is 0 Å². The molecule has 0 atom stereocenters. The Balaban J connectivity index is -0.00000000827. The van der Waals surface area contributed by atoms with E-state index in [1.165, 1.54) is 0 Å². The van der Waals surface area contributed by atoms with Crippen molar-refractivity contribution in [3.05, 3.63) is 46.0 Å². The molecular formula is H10N3NdO14. The summed E-state index contributed by atoms with van der Waals surface area (Å²) in [6.07, 6.45) is 0. The Morgan fingerprint density at radius 2 is 0.444 bits per heavy atom. The molecule has 0 saturated heterocycles. The molecule has 0 unspecified atom stereocenters. The van der Waals surface area contributed by atoms with E-state index < -0.39 is 15.3 Å². The quantitative estimate of drug-likeness (QED) is 0.267. The summed E-state index contributed by atoms with van der Waals surface area (Å²) < 4.78 is 0. The van der Waals surface area contributed by atoms with E-state index in [1.54, 1.807) is 0 Å². The maximum absolute atomic E-state index is 8.25. The molecular weight excluding hydrogens is 410 g/mol. The smallest absolute Gasteiger partial charge is 0.412 e. The van der Waals surface area contributed by atoms with E-state index >= 15 is 0 Å². The molecule has 18 heavy (non-hydrogen) atoms. The Kier molecular flexibility index (Phi) is 219. The van der Waals surface area contributed by atoms with Gasteiger partial charge in [0, 0.05) is 0 Å². The molecule has 17 nitrogen and oxygen atoms in total. The van der Waals surface area contributed by atoms with Gasteiger partial charge < -0.3 is 73.3 Å². The Hall–Kier alpha value is -1.25. The first-order valence-electron chi connectivity index (χ1n) is 1.64. The SMILES string of the molecule is O.O.O.O.O.O=[N+]([O-])[O-].O=[N+]([O-])[O-].O=[N+]([O-])[O-].[Nd+3]. The average molecular weight is 420 g/mol. The number of rotatable bonds is 0. The Morgan fingerprint density at radius 3 is 0.444 bits per heavy atom. The van der Waals surface area contributed by atoms with Gasteiger partial charge in [-0.25, -0.2) is 0 Å². The topological polar surface area (TPSA) is 356 Å². The summed E-state index contributed by atoms with van der Waals surface area (Å²) in [5, 5.41) is 44.2. The zero-order chi connectivity index (χ0) is 10.7. The third kappa shape index (κ3) is 1790. The molecule has 0 heterocycles. The van der Waals surface area contributed by atoms with Gasteiger partial charge in [0.05, 0.1) is 15.3 Å². The maximum atomic E-state index is 8.25. The Bertz CT molecular complexity index is 115. The van der Waals surface area contributed by atoms with E-state index in [-0.39, 0.29) is 68.2 Å². The van der Waals surface area contributed by atoms with Crippen molar-refractivity contribution in [1.29, 1.82) is 0 Å². The van der Waals surface area contributed by atoms with Gasteiger partial charge in [0.1, 0.15) is 0 Å². The van der Waals surface area contributed by atoms with Crippen LogP contribution in [0.1, 0.15) is 0 Å². The van der Waals surface area contributed by atoms with Gasteiger partial charge in [0.15, 0.2) is 0 Å². The van der Waals surface area contributed by atoms with Gasteiger partial charge in [0.2, 0.25) is 0 Å². The van der Waals surface area contributed by atoms with Crippen molar-refractivity contribution in [2.75, 3.05) is 0 Å². The molecule has 0 rings (SSSR count). The fourth-order valence-electron chi connectivity index (χ4n) is 0. The summed E-state index contributed by atoms with van der Waals surface area (Å²) in [5.74, 6) is 0. The molecule has 0 aliphatic heterocycles. The minimum absolute atomic E-state index is 0. The molecule has 0 bridgehead atoms. The molecule has 10 N–H and O–H groups in total. The largest absolute Gasteiger partial charge is 3.00 e. The minimum Gasteiger partial charge on any atom is -0.412 e. The van der Waals surface area contributed by atoms with Gasteiger partial charge in [-0.15, -0.1) is 0 Å². The fourth-order valence-corrected chi connectivity index (χ4v) is 0. The van der Waals surface area contributed by atoms with Crippen LogP contribution in [0, 0.1) is 86.8 Å². The summed E-state index contributed by atoms with van der Waals surface area (Å²) in [6.45, 7) is 0. The molecule has 0 aromatic carbocycles. The van der Waals surface area contributed by atoms with Crippen molar-refractivity contribution in [3.8, 4) is 0 Å². The molecule has 0 saturated carbocycles. The zero-order valence-electron chi connectivity index (χ0n) is 8.02.